The van der Waals surface area contributed by atoms with E-state index in [1.807, 2.05) is 6.07 Å². The second-order valence-electron chi connectivity index (χ2n) is 5.27. The monoisotopic (exact) mass is 266 g/mol. The van der Waals surface area contributed by atoms with E-state index in [4.69, 9.17) is 9.15 Å². The Morgan fingerprint density at radius 3 is 3.16 bits per heavy atom. The van der Waals surface area contributed by atoms with Crippen LogP contribution < -0.4 is 5.32 Å². The van der Waals surface area contributed by atoms with Crippen molar-refractivity contribution >= 4 is 0 Å². The normalized spacial score (nSPS) is 20.2. The number of likely N-dealkylation sites (tertiary alicyclic amines) is 1. The first kappa shape index (κ1) is 14.6. The van der Waals surface area contributed by atoms with Crippen LogP contribution in [-0.4, -0.2) is 37.7 Å². The minimum Gasteiger partial charge on any atom is -0.468 e. The third-order valence-electron chi connectivity index (χ3n) is 3.90. The quantitative estimate of drug-likeness (QED) is 0.733. The van der Waals surface area contributed by atoms with Gasteiger partial charge in [-0.25, -0.2) is 0 Å². The average molecular weight is 266 g/mol. The van der Waals surface area contributed by atoms with Gasteiger partial charge in [-0.3, -0.25) is 0 Å². The summed E-state index contributed by atoms with van der Waals surface area (Å²) in [4.78, 5) is 2.44. The molecular weight excluding hydrogens is 240 g/mol. The van der Waals surface area contributed by atoms with Gasteiger partial charge in [0.05, 0.1) is 19.4 Å². The van der Waals surface area contributed by atoms with Crippen LogP contribution in [-0.2, 0) is 17.9 Å². The lowest BCUT2D eigenvalue weighted by Crippen LogP contribution is -2.26. The number of furan rings is 1. The minimum absolute atomic E-state index is 0.660. The van der Waals surface area contributed by atoms with Gasteiger partial charge in [0.1, 0.15) is 5.76 Å². The molecule has 2 heterocycles. The first-order chi connectivity index (χ1) is 9.31. The third-order valence-corrected chi connectivity index (χ3v) is 3.90. The summed E-state index contributed by atoms with van der Waals surface area (Å²) in [5.74, 6) is 1.000. The molecule has 1 unspecified atom stereocenters. The average Bonchev–Trinajstić information content (AvgIpc) is 3.01. The van der Waals surface area contributed by atoms with E-state index in [0.29, 0.717) is 12.6 Å². The molecule has 1 N–H and O–H groups in total. The van der Waals surface area contributed by atoms with E-state index in [9.17, 15) is 0 Å². The lowest BCUT2D eigenvalue weighted by molar-refractivity contribution is 0.100. The zero-order valence-corrected chi connectivity index (χ0v) is 12.2. The van der Waals surface area contributed by atoms with Gasteiger partial charge in [0.15, 0.2) is 0 Å². The Balaban J connectivity index is 1.66. The van der Waals surface area contributed by atoms with Crippen LogP contribution in [0.5, 0.6) is 0 Å². The van der Waals surface area contributed by atoms with Gasteiger partial charge in [0.25, 0.3) is 0 Å². The van der Waals surface area contributed by atoms with Gasteiger partial charge in [0, 0.05) is 18.2 Å². The molecular formula is C15H26N2O2. The van der Waals surface area contributed by atoms with Crippen molar-refractivity contribution in [3.63, 3.8) is 0 Å². The predicted octanol–water partition coefficient (Wildman–Crippen LogP) is 2.39. The Morgan fingerprint density at radius 1 is 1.53 bits per heavy atom. The molecule has 4 nitrogen and oxygen atoms in total. The van der Waals surface area contributed by atoms with Crippen molar-refractivity contribution in [3.8, 4) is 0 Å². The summed E-state index contributed by atoms with van der Waals surface area (Å²) >= 11 is 0. The summed E-state index contributed by atoms with van der Waals surface area (Å²) in [5, 5.41) is 3.28. The Hall–Kier alpha value is -0.840. The molecule has 0 spiro atoms. The van der Waals surface area contributed by atoms with Gasteiger partial charge in [0.2, 0.25) is 0 Å². The number of hydrogen-bond acceptors (Lipinski definition) is 4. The molecule has 1 aliphatic rings. The number of rotatable bonds is 8. The van der Waals surface area contributed by atoms with Crippen molar-refractivity contribution < 1.29 is 9.15 Å². The van der Waals surface area contributed by atoms with E-state index >= 15 is 0 Å². The second-order valence-corrected chi connectivity index (χ2v) is 5.27. The van der Waals surface area contributed by atoms with E-state index in [0.717, 1.165) is 31.9 Å². The van der Waals surface area contributed by atoms with Crippen molar-refractivity contribution in [1.29, 1.82) is 0 Å². The standard InChI is InChI=1S/C15H26N2O2/c1-3-16-11-15-13(6-10-19-15)12-18-9-7-14-5-4-8-17(14)2/h6,10,14,16H,3-5,7-9,11-12H2,1-2H3. The maximum Gasteiger partial charge on any atom is 0.123 e. The molecule has 1 aromatic heterocycles. The van der Waals surface area contributed by atoms with Crippen LogP contribution in [0.1, 0.15) is 37.5 Å². The Morgan fingerprint density at radius 2 is 2.42 bits per heavy atom. The molecule has 0 saturated carbocycles. The van der Waals surface area contributed by atoms with E-state index in [1.54, 1.807) is 6.26 Å². The Bertz CT molecular complexity index is 365. The summed E-state index contributed by atoms with van der Waals surface area (Å²) in [6.07, 6.45) is 5.53. The summed E-state index contributed by atoms with van der Waals surface area (Å²) in [6, 6.07) is 2.72. The van der Waals surface area contributed by atoms with Crippen LogP contribution in [0.25, 0.3) is 0 Å². The topological polar surface area (TPSA) is 37.6 Å². The molecule has 0 radical (unpaired) electrons. The molecule has 2 rings (SSSR count). The highest BCUT2D eigenvalue weighted by molar-refractivity contribution is 5.15. The molecule has 0 bridgehead atoms. The van der Waals surface area contributed by atoms with Gasteiger partial charge >= 0.3 is 0 Å². The van der Waals surface area contributed by atoms with Crippen molar-refractivity contribution in [3.05, 3.63) is 23.7 Å². The van der Waals surface area contributed by atoms with E-state index < -0.39 is 0 Å². The van der Waals surface area contributed by atoms with Crippen molar-refractivity contribution in [2.45, 2.75) is 45.4 Å². The maximum absolute atomic E-state index is 5.79. The van der Waals surface area contributed by atoms with E-state index in [2.05, 4.69) is 24.2 Å². The van der Waals surface area contributed by atoms with Crippen LogP contribution in [0.2, 0.25) is 0 Å². The van der Waals surface area contributed by atoms with Crippen LogP contribution in [0.15, 0.2) is 16.7 Å². The lowest BCUT2D eigenvalue weighted by Gasteiger charge is -2.18. The summed E-state index contributed by atoms with van der Waals surface area (Å²) in [7, 11) is 2.21. The van der Waals surface area contributed by atoms with Gasteiger partial charge in [-0.15, -0.1) is 0 Å². The van der Waals surface area contributed by atoms with Gasteiger partial charge in [-0.2, -0.15) is 0 Å². The fourth-order valence-electron chi connectivity index (χ4n) is 2.63. The molecule has 1 aliphatic heterocycles. The van der Waals surface area contributed by atoms with Gasteiger partial charge in [-0.05, 0) is 45.5 Å². The number of nitrogens with zero attached hydrogens (tertiary/aromatic N) is 1. The first-order valence-corrected chi connectivity index (χ1v) is 7.35. The van der Waals surface area contributed by atoms with Crippen LogP contribution in [0.4, 0.5) is 0 Å². The number of hydrogen-bond donors (Lipinski definition) is 1. The third kappa shape index (κ3) is 4.34. The zero-order chi connectivity index (χ0) is 13.5. The fraction of sp³-hybridized carbons (Fsp3) is 0.733. The van der Waals surface area contributed by atoms with Crippen molar-refractivity contribution in [2.24, 2.45) is 0 Å². The molecule has 1 saturated heterocycles. The van der Waals surface area contributed by atoms with Crippen LogP contribution >= 0.6 is 0 Å². The van der Waals surface area contributed by atoms with Crippen LogP contribution in [0, 0.1) is 0 Å². The maximum atomic E-state index is 5.79. The second kappa shape index (κ2) is 7.68. The summed E-state index contributed by atoms with van der Waals surface area (Å²) in [6.45, 7) is 6.56. The smallest absolute Gasteiger partial charge is 0.123 e. The summed E-state index contributed by atoms with van der Waals surface area (Å²) < 4.78 is 11.3. The lowest BCUT2D eigenvalue weighted by atomic mass is 10.1. The van der Waals surface area contributed by atoms with Crippen LogP contribution in [0.3, 0.4) is 0 Å². The van der Waals surface area contributed by atoms with Gasteiger partial charge < -0.3 is 19.4 Å². The van der Waals surface area contributed by atoms with Crippen molar-refractivity contribution in [1.82, 2.24) is 10.2 Å². The SMILES string of the molecule is CCNCc1occc1COCCC1CCCN1C. The molecule has 4 heteroatoms. The highest BCUT2D eigenvalue weighted by atomic mass is 16.5. The molecule has 19 heavy (non-hydrogen) atoms. The number of ether oxygens (including phenoxy) is 1. The molecule has 0 aromatic carbocycles. The van der Waals surface area contributed by atoms with Crippen molar-refractivity contribution in [2.75, 3.05) is 26.7 Å². The zero-order valence-electron chi connectivity index (χ0n) is 12.2. The largest absolute Gasteiger partial charge is 0.468 e. The van der Waals surface area contributed by atoms with E-state index in [1.165, 1.54) is 24.9 Å². The fourth-order valence-corrected chi connectivity index (χ4v) is 2.63. The number of nitrogens with one attached hydrogen (secondary N) is 1. The first-order valence-electron chi connectivity index (χ1n) is 7.35. The summed E-state index contributed by atoms with van der Waals surface area (Å²) in [5.41, 5.74) is 1.17. The molecule has 0 amide bonds. The highest BCUT2D eigenvalue weighted by Gasteiger charge is 2.20. The minimum atomic E-state index is 0.660. The predicted molar refractivity (Wildman–Crippen MR) is 76.0 cm³/mol. The molecule has 108 valence electrons. The van der Waals surface area contributed by atoms with E-state index in [-0.39, 0.29) is 0 Å². The highest BCUT2D eigenvalue weighted by Crippen LogP contribution is 2.18. The Labute approximate surface area is 116 Å². The molecule has 0 aliphatic carbocycles. The molecule has 1 aromatic rings. The molecule has 1 fully saturated rings. The Kier molecular flexibility index (Phi) is 5.89. The molecule has 1 atom stereocenters. The van der Waals surface area contributed by atoms with Gasteiger partial charge in [-0.1, -0.05) is 6.92 Å².